The van der Waals surface area contributed by atoms with Crippen LogP contribution in [0.5, 0.6) is 0 Å². The highest BCUT2D eigenvalue weighted by Gasteiger charge is 1.55. The fraction of sp³-hybridized carbons (Fsp3) is 0. The lowest BCUT2D eigenvalue weighted by molar-refractivity contribution is 1.58. The molecule has 0 aliphatic carbocycles. The molecule has 0 saturated carbocycles. The maximum Gasteiger partial charge on any atom is 0.0177 e. The summed E-state index contributed by atoms with van der Waals surface area (Å²) in [6.07, 6.45) is 9.95. The van der Waals surface area contributed by atoms with Crippen molar-refractivity contribution in [2.24, 2.45) is 0 Å². The second-order valence-corrected chi connectivity index (χ2v) is 1.17. The number of nitrogens with one attached hydrogen (secondary N) is 1. The number of rotatable bonds is 3. The largest absolute Gasteiger partial charge is 0.309 e. The summed E-state index contributed by atoms with van der Waals surface area (Å²) >= 11 is 0. The number of hydrogen-bond donors (Lipinski definition) is 1. The number of hydrogen-bond acceptors (Lipinski definition) is 1. The van der Waals surface area contributed by atoms with Crippen molar-refractivity contribution in [2.45, 2.75) is 0 Å². The highest BCUT2D eigenvalue weighted by Crippen LogP contribution is 1.73. The molecule has 1 N–H and O–H groups in total. The molecule has 0 rings (SSSR count). The summed E-state index contributed by atoms with van der Waals surface area (Å²) in [5, 5.41) is 6.57. The van der Waals surface area contributed by atoms with Gasteiger partial charge in [0.05, 0.1) is 0 Å². The molecule has 0 aliphatic rings. The Hall–Kier alpha value is -1.11. The minimum absolute atomic E-state index is 1.23. The second-order valence-electron chi connectivity index (χ2n) is 1.17. The molecule has 0 radical (unpaired) electrons. The average Bonchev–Trinajstić information content (AvgIpc) is 1.81. The zero-order valence-electron chi connectivity index (χ0n) is 4.67. The third kappa shape index (κ3) is 4.89. The standard InChI is InChI=1S/C7H9N/c1-2-3-4-5-6-7-8/h2-8H,1H2/b4-3+,6-5+,8-7?. The zero-order chi connectivity index (χ0) is 6.24. The highest BCUT2D eigenvalue weighted by molar-refractivity contribution is 5.68. The molecule has 1 nitrogen and oxygen atoms in total. The van der Waals surface area contributed by atoms with E-state index in [2.05, 4.69) is 6.58 Å². The van der Waals surface area contributed by atoms with Crippen LogP contribution >= 0.6 is 0 Å². The van der Waals surface area contributed by atoms with Gasteiger partial charge >= 0.3 is 0 Å². The Morgan fingerprint density at radius 1 is 1.00 bits per heavy atom. The Bertz CT molecular complexity index is 104. The van der Waals surface area contributed by atoms with Gasteiger partial charge in [0.1, 0.15) is 0 Å². The molecule has 0 atom stereocenters. The first kappa shape index (κ1) is 6.89. The molecule has 0 spiro atoms. The summed E-state index contributed by atoms with van der Waals surface area (Å²) in [5.74, 6) is 0. The van der Waals surface area contributed by atoms with Crippen molar-refractivity contribution in [1.29, 1.82) is 5.41 Å². The normalized spacial score (nSPS) is 10.5. The Labute approximate surface area is 49.5 Å². The van der Waals surface area contributed by atoms with Crippen LogP contribution in [0.25, 0.3) is 0 Å². The van der Waals surface area contributed by atoms with E-state index >= 15 is 0 Å². The predicted octanol–water partition coefficient (Wildman–Crippen LogP) is 1.93. The van der Waals surface area contributed by atoms with Crippen LogP contribution in [0.15, 0.2) is 37.0 Å². The molecule has 0 aromatic carbocycles. The van der Waals surface area contributed by atoms with Gasteiger partial charge < -0.3 is 5.41 Å². The van der Waals surface area contributed by atoms with Crippen LogP contribution in [0.4, 0.5) is 0 Å². The first-order chi connectivity index (χ1) is 3.91. The lowest BCUT2D eigenvalue weighted by Crippen LogP contribution is -1.52. The molecule has 0 aromatic rings. The summed E-state index contributed by atoms with van der Waals surface area (Å²) in [6, 6.07) is 0. The van der Waals surface area contributed by atoms with Crippen LogP contribution in [0.1, 0.15) is 0 Å². The van der Waals surface area contributed by atoms with E-state index in [-0.39, 0.29) is 0 Å². The van der Waals surface area contributed by atoms with Gasteiger partial charge in [0.15, 0.2) is 0 Å². The van der Waals surface area contributed by atoms with Crippen LogP contribution in [-0.4, -0.2) is 6.21 Å². The van der Waals surface area contributed by atoms with Gasteiger partial charge in [0, 0.05) is 6.21 Å². The van der Waals surface area contributed by atoms with Gasteiger partial charge in [-0.25, -0.2) is 0 Å². The minimum Gasteiger partial charge on any atom is -0.309 e. The molecule has 0 bridgehead atoms. The molecular formula is C7H9N. The summed E-state index contributed by atoms with van der Waals surface area (Å²) in [4.78, 5) is 0. The lowest BCUT2D eigenvalue weighted by Gasteiger charge is -1.66. The van der Waals surface area contributed by atoms with E-state index in [0.29, 0.717) is 0 Å². The molecule has 42 valence electrons. The molecule has 0 saturated heterocycles. The van der Waals surface area contributed by atoms with Gasteiger partial charge in [-0.15, -0.1) is 0 Å². The summed E-state index contributed by atoms with van der Waals surface area (Å²) in [7, 11) is 0. The highest BCUT2D eigenvalue weighted by atomic mass is 14.3. The molecule has 0 aliphatic heterocycles. The third-order valence-electron chi connectivity index (χ3n) is 0.566. The first-order valence-corrected chi connectivity index (χ1v) is 2.36. The van der Waals surface area contributed by atoms with Gasteiger partial charge in [0.25, 0.3) is 0 Å². The molecule has 0 aromatic heterocycles. The van der Waals surface area contributed by atoms with E-state index in [4.69, 9.17) is 5.41 Å². The summed E-state index contributed by atoms with van der Waals surface area (Å²) in [5.41, 5.74) is 0. The van der Waals surface area contributed by atoms with Crippen molar-refractivity contribution in [3.05, 3.63) is 37.0 Å². The van der Waals surface area contributed by atoms with E-state index in [9.17, 15) is 0 Å². The van der Waals surface area contributed by atoms with Crippen LogP contribution in [0.3, 0.4) is 0 Å². The lowest BCUT2D eigenvalue weighted by atomic mass is 10.4. The zero-order valence-corrected chi connectivity index (χ0v) is 4.67. The van der Waals surface area contributed by atoms with Gasteiger partial charge in [0.2, 0.25) is 0 Å². The van der Waals surface area contributed by atoms with Gasteiger partial charge in [-0.3, -0.25) is 0 Å². The van der Waals surface area contributed by atoms with Crippen molar-refractivity contribution in [2.75, 3.05) is 0 Å². The average molecular weight is 107 g/mol. The number of allylic oxidation sites excluding steroid dienone is 5. The SMILES string of the molecule is C=C/C=C/C=C/C=N. The topological polar surface area (TPSA) is 23.9 Å². The van der Waals surface area contributed by atoms with E-state index in [1.54, 1.807) is 24.3 Å². The first-order valence-electron chi connectivity index (χ1n) is 2.36. The fourth-order valence-electron chi connectivity index (χ4n) is 0.262. The Morgan fingerprint density at radius 3 is 2.12 bits per heavy atom. The van der Waals surface area contributed by atoms with Crippen molar-refractivity contribution >= 4 is 6.21 Å². The van der Waals surface area contributed by atoms with Gasteiger partial charge in [-0.05, 0) is 6.08 Å². The second kappa shape index (κ2) is 5.89. The van der Waals surface area contributed by atoms with Crippen molar-refractivity contribution < 1.29 is 0 Å². The molecule has 0 heterocycles. The molecular weight excluding hydrogens is 98.1 g/mol. The Balaban J connectivity index is 3.41. The maximum atomic E-state index is 6.57. The molecule has 1 heteroatoms. The minimum atomic E-state index is 1.23. The maximum absolute atomic E-state index is 6.57. The summed E-state index contributed by atoms with van der Waals surface area (Å²) < 4.78 is 0. The Morgan fingerprint density at radius 2 is 1.62 bits per heavy atom. The fourth-order valence-corrected chi connectivity index (χ4v) is 0.262. The molecule has 0 fully saturated rings. The van der Waals surface area contributed by atoms with Crippen molar-refractivity contribution in [3.63, 3.8) is 0 Å². The summed E-state index contributed by atoms with van der Waals surface area (Å²) in [6.45, 7) is 3.48. The van der Waals surface area contributed by atoms with Crippen molar-refractivity contribution in [1.82, 2.24) is 0 Å². The van der Waals surface area contributed by atoms with E-state index in [1.165, 1.54) is 6.21 Å². The van der Waals surface area contributed by atoms with Crippen LogP contribution < -0.4 is 0 Å². The molecule has 0 amide bonds. The smallest absolute Gasteiger partial charge is 0.0177 e. The molecule has 0 unspecified atom stereocenters. The van der Waals surface area contributed by atoms with Gasteiger partial charge in [-0.2, -0.15) is 0 Å². The van der Waals surface area contributed by atoms with E-state index in [1.807, 2.05) is 6.08 Å². The monoisotopic (exact) mass is 107 g/mol. The quantitative estimate of drug-likeness (QED) is 0.421. The van der Waals surface area contributed by atoms with Gasteiger partial charge in [-0.1, -0.05) is 30.9 Å². The van der Waals surface area contributed by atoms with E-state index < -0.39 is 0 Å². The van der Waals surface area contributed by atoms with Crippen LogP contribution in [0.2, 0.25) is 0 Å². The van der Waals surface area contributed by atoms with Crippen molar-refractivity contribution in [3.8, 4) is 0 Å². The van der Waals surface area contributed by atoms with Crippen LogP contribution in [-0.2, 0) is 0 Å². The van der Waals surface area contributed by atoms with E-state index in [0.717, 1.165) is 0 Å². The van der Waals surface area contributed by atoms with Crippen LogP contribution in [0, 0.1) is 5.41 Å². The third-order valence-corrected chi connectivity index (χ3v) is 0.566. The molecule has 8 heavy (non-hydrogen) atoms. The Kier molecular flexibility index (Phi) is 5.07. The predicted molar refractivity (Wildman–Crippen MR) is 37.3 cm³/mol.